The summed E-state index contributed by atoms with van der Waals surface area (Å²) in [7, 11) is 0. The summed E-state index contributed by atoms with van der Waals surface area (Å²) in [6.45, 7) is 3.42. The zero-order valence-electron chi connectivity index (χ0n) is 10.6. The van der Waals surface area contributed by atoms with Gasteiger partial charge in [-0.3, -0.25) is 9.63 Å². The number of rotatable bonds is 8. The van der Waals surface area contributed by atoms with Crippen LogP contribution in [0.4, 0.5) is 0 Å². The van der Waals surface area contributed by atoms with Crippen molar-refractivity contribution in [2.45, 2.75) is 26.4 Å². The normalized spacial score (nSPS) is 9.61. The molecule has 0 aliphatic heterocycles. The molecule has 0 bridgehead atoms. The van der Waals surface area contributed by atoms with E-state index in [0.29, 0.717) is 32.6 Å². The summed E-state index contributed by atoms with van der Waals surface area (Å²) in [6, 6.07) is 9.91. The van der Waals surface area contributed by atoms with Gasteiger partial charge in [0.1, 0.15) is 0 Å². The Bertz CT molecular complexity index is 319. The lowest BCUT2D eigenvalue weighted by molar-refractivity contribution is -0.143. The second kappa shape index (κ2) is 11.0. The van der Waals surface area contributed by atoms with E-state index in [4.69, 9.17) is 9.57 Å². The summed E-state index contributed by atoms with van der Waals surface area (Å²) in [6.07, 6.45) is 1.14. The first-order valence-corrected chi connectivity index (χ1v) is 5.87. The Morgan fingerprint density at radius 3 is 2.67 bits per heavy atom. The van der Waals surface area contributed by atoms with Crippen LogP contribution >= 0.6 is 12.4 Å². The average Bonchev–Trinajstić information content (AvgIpc) is 2.35. The molecule has 0 spiro atoms. The average molecular weight is 274 g/mol. The van der Waals surface area contributed by atoms with Crippen molar-refractivity contribution in [3.8, 4) is 0 Å². The molecule has 4 nitrogen and oxygen atoms in total. The smallest absolute Gasteiger partial charge is 0.305 e. The van der Waals surface area contributed by atoms with Gasteiger partial charge in [-0.1, -0.05) is 30.3 Å². The highest BCUT2D eigenvalue weighted by Gasteiger charge is 2.00. The molecule has 18 heavy (non-hydrogen) atoms. The van der Waals surface area contributed by atoms with Gasteiger partial charge in [-0.15, -0.1) is 12.4 Å². The minimum atomic E-state index is -0.155. The molecular formula is C13H20ClNO3. The Labute approximate surface area is 114 Å². The van der Waals surface area contributed by atoms with Crippen molar-refractivity contribution in [2.24, 2.45) is 0 Å². The standard InChI is InChI=1S/C13H19NO3.ClH/c1-2-16-13(15)9-6-10-14-17-11-12-7-4-3-5-8-12;/h3-5,7-8,14H,2,6,9-11H2,1H3;1H. The molecule has 0 radical (unpaired) electrons. The molecule has 0 saturated carbocycles. The Balaban J connectivity index is 0.00000289. The number of nitrogens with one attached hydrogen (secondary N) is 1. The molecule has 0 aliphatic rings. The van der Waals surface area contributed by atoms with Gasteiger partial charge >= 0.3 is 5.97 Å². The number of hydroxylamine groups is 1. The van der Waals surface area contributed by atoms with Crippen LogP contribution in [0.5, 0.6) is 0 Å². The van der Waals surface area contributed by atoms with Gasteiger partial charge in [-0.2, -0.15) is 0 Å². The van der Waals surface area contributed by atoms with Crippen molar-refractivity contribution in [3.63, 3.8) is 0 Å². The third-order valence-electron chi connectivity index (χ3n) is 2.15. The summed E-state index contributed by atoms with van der Waals surface area (Å²) >= 11 is 0. The highest BCUT2D eigenvalue weighted by atomic mass is 35.5. The van der Waals surface area contributed by atoms with E-state index in [-0.39, 0.29) is 18.4 Å². The Kier molecular flexibility index (Phi) is 10.3. The summed E-state index contributed by atoms with van der Waals surface area (Å²) in [5, 5.41) is 0. The molecular weight excluding hydrogens is 254 g/mol. The lowest BCUT2D eigenvalue weighted by Crippen LogP contribution is -2.17. The van der Waals surface area contributed by atoms with Crippen molar-refractivity contribution < 1.29 is 14.4 Å². The van der Waals surface area contributed by atoms with Gasteiger partial charge in [-0.25, -0.2) is 5.48 Å². The van der Waals surface area contributed by atoms with Gasteiger partial charge in [0.15, 0.2) is 0 Å². The number of ether oxygens (including phenoxy) is 1. The third kappa shape index (κ3) is 8.06. The van der Waals surface area contributed by atoms with E-state index in [1.807, 2.05) is 30.3 Å². The Morgan fingerprint density at radius 1 is 1.28 bits per heavy atom. The molecule has 0 saturated heterocycles. The number of hydrogen-bond acceptors (Lipinski definition) is 4. The summed E-state index contributed by atoms with van der Waals surface area (Å²) < 4.78 is 4.81. The number of esters is 1. The second-order valence-electron chi connectivity index (χ2n) is 3.58. The lowest BCUT2D eigenvalue weighted by Gasteiger charge is -2.05. The van der Waals surface area contributed by atoms with E-state index < -0.39 is 0 Å². The van der Waals surface area contributed by atoms with E-state index in [1.165, 1.54) is 0 Å². The highest BCUT2D eigenvalue weighted by molar-refractivity contribution is 5.85. The van der Waals surface area contributed by atoms with Gasteiger partial charge in [0.25, 0.3) is 0 Å². The fourth-order valence-electron chi connectivity index (χ4n) is 1.32. The topological polar surface area (TPSA) is 47.6 Å². The molecule has 1 aromatic rings. The quantitative estimate of drug-likeness (QED) is 0.449. The van der Waals surface area contributed by atoms with Crippen LogP contribution in [0.2, 0.25) is 0 Å². The maximum absolute atomic E-state index is 11.0. The number of halogens is 1. The van der Waals surface area contributed by atoms with Crippen LogP contribution in [0.25, 0.3) is 0 Å². The van der Waals surface area contributed by atoms with Crippen LogP contribution in [0.15, 0.2) is 30.3 Å². The molecule has 1 N–H and O–H groups in total. The Morgan fingerprint density at radius 2 is 2.00 bits per heavy atom. The Hall–Kier alpha value is -1.10. The van der Waals surface area contributed by atoms with E-state index in [9.17, 15) is 4.79 Å². The minimum absolute atomic E-state index is 0. The van der Waals surface area contributed by atoms with Crippen LogP contribution < -0.4 is 5.48 Å². The molecule has 0 fully saturated rings. The molecule has 1 aromatic carbocycles. The predicted octanol–water partition coefficient (Wildman–Crippen LogP) is 2.47. The number of benzene rings is 1. The van der Waals surface area contributed by atoms with Crippen molar-refractivity contribution in [1.29, 1.82) is 0 Å². The zero-order chi connectivity index (χ0) is 12.3. The first-order chi connectivity index (χ1) is 8.33. The monoisotopic (exact) mass is 273 g/mol. The van der Waals surface area contributed by atoms with Crippen molar-refractivity contribution in [2.75, 3.05) is 13.2 Å². The van der Waals surface area contributed by atoms with Crippen LogP contribution in [0.1, 0.15) is 25.3 Å². The van der Waals surface area contributed by atoms with Crippen LogP contribution in [0.3, 0.4) is 0 Å². The van der Waals surface area contributed by atoms with Gasteiger partial charge in [-0.05, 0) is 18.9 Å². The zero-order valence-corrected chi connectivity index (χ0v) is 11.4. The van der Waals surface area contributed by atoms with Gasteiger partial charge in [0, 0.05) is 13.0 Å². The van der Waals surface area contributed by atoms with Gasteiger partial charge < -0.3 is 4.74 Å². The van der Waals surface area contributed by atoms with Gasteiger partial charge in [0.2, 0.25) is 0 Å². The molecule has 0 amide bonds. The van der Waals surface area contributed by atoms with Crippen molar-refractivity contribution >= 4 is 18.4 Å². The lowest BCUT2D eigenvalue weighted by atomic mass is 10.2. The van der Waals surface area contributed by atoms with Crippen molar-refractivity contribution in [1.82, 2.24) is 5.48 Å². The maximum Gasteiger partial charge on any atom is 0.305 e. The van der Waals surface area contributed by atoms with Crippen LogP contribution in [-0.4, -0.2) is 19.1 Å². The number of carbonyl (C=O) groups excluding carboxylic acids is 1. The molecule has 102 valence electrons. The SMILES string of the molecule is CCOC(=O)CCCNOCc1ccccc1.Cl. The molecule has 0 heterocycles. The predicted molar refractivity (Wildman–Crippen MR) is 72.3 cm³/mol. The molecule has 0 aliphatic carbocycles. The fourth-order valence-corrected chi connectivity index (χ4v) is 1.32. The molecule has 1 rings (SSSR count). The van der Waals surface area contributed by atoms with E-state index in [0.717, 1.165) is 5.56 Å². The van der Waals surface area contributed by atoms with Gasteiger partial charge in [0.05, 0.1) is 13.2 Å². The van der Waals surface area contributed by atoms with E-state index >= 15 is 0 Å². The number of carbonyl (C=O) groups is 1. The minimum Gasteiger partial charge on any atom is -0.466 e. The van der Waals surface area contributed by atoms with E-state index in [1.54, 1.807) is 6.92 Å². The van der Waals surface area contributed by atoms with E-state index in [2.05, 4.69) is 5.48 Å². The summed E-state index contributed by atoms with van der Waals surface area (Å²) in [5.74, 6) is -0.155. The maximum atomic E-state index is 11.0. The second-order valence-corrected chi connectivity index (χ2v) is 3.58. The fraction of sp³-hybridized carbons (Fsp3) is 0.462. The number of hydrogen-bond donors (Lipinski definition) is 1. The molecule has 0 atom stereocenters. The highest BCUT2D eigenvalue weighted by Crippen LogP contribution is 1.99. The van der Waals surface area contributed by atoms with Crippen molar-refractivity contribution in [3.05, 3.63) is 35.9 Å². The molecule has 0 aromatic heterocycles. The molecule has 5 heteroatoms. The summed E-state index contributed by atoms with van der Waals surface area (Å²) in [5.41, 5.74) is 3.94. The summed E-state index contributed by atoms with van der Waals surface area (Å²) in [4.78, 5) is 16.3. The molecule has 0 unspecified atom stereocenters. The third-order valence-corrected chi connectivity index (χ3v) is 2.15. The van der Waals surface area contributed by atoms with Crippen LogP contribution in [0, 0.1) is 0 Å². The first kappa shape index (κ1) is 16.9. The first-order valence-electron chi connectivity index (χ1n) is 5.87. The van der Waals surface area contributed by atoms with Crippen LogP contribution in [-0.2, 0) is 21.0 Å². The largest absolute Gasteiger partial charge is 0.466 e.